The molecule has 0 fully saturated rings. The van der Waals surface area contributed by atoms with Crippen molar-refractivity contribution in [2.75, 3.05) is 13.1 Å². The van der Waals surface area contributed by atoms with Crippen molar-refractivity contribution < 1.29 is 9.18 Å². The summed E-state index contributed by atoms with van der Waals surface area (Å²) in [6.07, 6.45) is 0.362. The number of hydrogen-bond acceptors (Lipinski definition) is 3. The summed E-state index contributed by atoms with van der Waals surface area (Å²) in [5, 5.41) is 2.05. The molecule has 0 saturated carbocycles. The van der Waals surface area contributed by atoms with E-state index in [2.05, 4.69) is 17.9 Å². The van der Waals surface area contributed by atoms with Gasteiger partial charge in [-0.2, -0.15) is 0 Å². The minimum Gasteiger partial charge on any atom is -0.298 e. The van der Waals surface area contributed by atoms with E-state index in [1.807, 2.05) is 11.4 Å². The van der Waals surface area contributed by atoms with Gasteiger partial charge < -0.3 is 0 Å². The highest BCUT2D eigenvalue weighted by Crippen LogP contribution is 2.12. The van der Waals surface area contributed by atoms with Crippen LogP contribution in [0.3, 0.4) is 0 Å². The molecule has 1 aromatic heterocycles. The Hall–Kier alpha value is -1.52. The maximum Gasteiger partial charge on any atom is 0.151 e. The third kappa shape index (κ3) is 4.54. The molecule has 2 rings (SSSR count). The van der Waals surface area contributed by atoms with Crippen molar-refractivity contribution >= 4 is 17.1 Å². The Morgan fingerprint density at radius 1 is 1.25 bits per heavy atom. The molecule has 106 valence electrons. The summed E-state index contributed by atoms with van der Waals surface area (Å²) in [7, 11) is 0. The molecule has 0 bridgehead atoms. The van der Waals surface area contributed by atoms with Crippen molar-refractivity contribution in [2.45, 2.75) is 19.9 Å². The van der Waals surface area contributed by atoms with E-state index < -0.39 is 0 Å². The number of nitrogens with zero attached hydrogens (tertiary/aromatic N) is 1. The summed E-state index contributed by atoms with van der Waals surface area (Å²) in [4.78, 5) is 15.5. The van der Waals surface area contributed by atoms with Crippen LogP contribution in [0.4, 0.5) is 4.39 Å². The third-order valence-corrected chi connectivity index (χ3v) is 3.98. The van der Waals surface area contributed by atoms with Gasteiger partial charge in [-0.05, 0) is 35.7 Å². The average Bonchev–Trinajstić information content (AvgIpc) is 2.93. The first-order valence-electron chi connectivity index (χ1n) is 6.68. The lowest BCUT2D eigenvalue weighted by Gasteiger charge is -2.18. The lowest BCUT2D eigenvalue weighted by atomic mass is 10.1. The molecule has 0 amide bonds. The lowest BCUT2D eigenvalue weighted by Crippen LogP contribution is -2.29. The number of carbonyl (C=O) groups is 1. The van der Waals surface area contributed by atoms with Crippen LogP contribution in [0.15, 0.2) is 41.8 Å². The molecule has 0 unspecified atom stereocenters. The molecule has 1 heterocycles. The smallest absolute Gasteiger partial charge is 0.151 e. The minimum atomic E-state index is -0.269. The highest BCUT2D eigenvalue weighted by Gasteiger charge is 2.11. The predicted octanol–water partition coefficient (Wildman–Crippen LogP) is 3.52. The summed E-state index contributed by atoms with van der Waals surface area (Å²) in [5.41, 5.74) is 0.864. The maximum atomic E-state index is 12.8. The number of ketones is 1. The lowest BCUT2D eigenvalue weighted by molar-refractivity contribution is -0.119. The van der Waals surface area contributed by atoms with Crippen LogP contribution in [0.25, 0.3) is 0 Å². The normalized spacial score (nSPS) is 10.9. The molecule has 0 saturated heterocycles. The number of rotatable bonds is 7. The zero-order valence-electron chi connectivity index (χ0n) is 11.5. The highest BCUT2D eigenvalue weighted by atomic mass is 32.1. The van der Waals surface area contributed by atoms with Crippen LogP contribution < -0.4 is 0 Å². The van der Waals surface area contributed by atoms with Crippen molar-refractivity contribution in [1.29, 1.82) is 0 Å². The van der Waals surface area contributed by atoms with Crippen molar-refractivity contribution in [2.24, 2.45) is 0 Å². The first kappa shape index (κ1) is 14.9. The minimum absolute atomic E-state index is 0.162. The number of Topliss-reactive ketones (excluding diaryl/α,β-unsaturated/α-hetero) is 1. The van der Waals surface area contributed by atoms with Gasteiger partial charge in [0, 0.05) is 17.8 Å². The molecule has 20 heavy (non-hydrogen) atoms. The summed E-state index contributed by atoms with van der Waals surface area (Å²) in [6, 6.07) is 10.2. The average molecular weight is 291 g/mol. The van der Waals surface area contributed by atoms with Crippen molar-refractivity contribution in [3.63, 3.8) is 0 Å². The molecule has 0 aliphatic carbocycles. The maximum absolute atomic E-state index is 12.8. The number of halogens is 1. The van der Waals surface area contributed by atoms with Gasteiger partial charge in [0.25, 0.3) is 0 Å². The molecule has 1 aromatic carbocycles. The first-order valence-corrected chi connectivity index (χ1v) is 7.56. The van der Waals surface area contributed by atoms with Gasteiger partial charge in [-0.1, -0.05) is 25.1 Å². The van der Waals surface area contributed by atoms with E-state index in [0.29, 0.717) is 13.0 Å². The third-order valence-electron chi connectivity index (χ3n) is 3.12. The molecule has 0 aliphatic heterocycles. The molecule has 0 radical (unpaired) electrons. The van der Waals surface area contributed by atoms with E-state index in [9.17, 15) is 9.18 Å². The monoisotopic (exact) mass is 291 g/mol. The Bertz CT molecular complexity index is 536. The largest absolute Gasteiger partial charge is 0.298 e. The second kappa shape index (κ2) is 7.31. The van der Waals surface area contributed by atoms with Gasteiger partial charge in [0.05, 0.1) is 6.54 Å². The van der Waals surface area contributed by atoms with E-state index in [4.69, 9.17) is 0 Å². The van der Waals surface area contributed by atoms with Crippen LogP contribution in [0.1, 0.15) is 17.4 Å². The zero-order valence-corrected chi connectivity index (χ0v) is 12.3. The fourth-order valence-electron chi connectivity index (χ4n) is 2.04. The van der Waals surface area contributed by atoms with Gasteiger partial charge in [-0.25, -0.2) is 4.39 Å². The van der Waals surface area contributed by atoms with Crippen molar-refractivity contribution in [3.05, 3.63) is 58.0 Å². The van der Waals surface area contributed by atoms with E-state index in [1.54, 1.807) is 23.5 Å². The van der Waals surface area contributed by atoms with Gasteiger partial charge in [0.2, 0.25) is 0 Å². The molecule has 0 aliphatic rings. The number of hydrogen-bond donors (Lipinski definition) is 0. The molecule has 0 N–H and O–H groups in total. The van der Waals surface area contributed by atoms with Gasteiger partial charge in [-0.15, -0.1) is 11.3 Å². The Labute approximate surface area is 122 Å². The summed E-state index contributed by atoms with van der Waals surface area (Å²) >= 11 is 1.70. The number of likely N-dealkylation sites (N-methyl/N-ethyl adjacent to an activating group) is 1. The fraction of sp³-hybridized carbons (Fsp3) is 0.312. The second-order valence-electron chi connectivity index (χ2n) is 4.72. The molecule has 0 atom stereocenters. The molecular formula is C16H18FNOS. The molecule has 0 spiro atoms. The highest BCUT2D eigenvalue weighted by molar-refractivity contribution is 7.09. The Morgan fingerprint density at radius 3 is 2.60 bits per heavy atom. The molecule has 2 aromatic rings. The molecule has 4 heteroatoms. The topological polar surface area (TPSA) is 20.3 Å². The quantitative estimate of drug-likeness (QED) is 0.778. The van der Waals surface area contributed by atoms with Crippen LogP contribution in [-0.4, -0.2) is 23.8 Å². The van der Waals surface area contributed by atoms with Gasteiger partial charge in [0.1, 0.15) is 5.82 Å². The zero-order chi connectivity index (χ0) is 14.4. The van der Waals surface area contributed by atoms with E-state index in [1.165, 1.54) is 17.0 Å². The summed E-state index contributed by atoms with van der Waals surface area (Å²) in [6.45, 7) is 4.14. The van der Waals surface area contributed by atoms with Crippen LogP contribution in [0.2, 0.25) is 0 Å². The van der Waals surface area contributed by atoms with Crippen LogP contribution in [0.5, 0.6) is 0 Å². The second-order valence-corrected chi connectivity index (χ2v) is 5.76. The van der Waals surface area contributed by atoms with Crippen LogP contribution >= 0.6 is 11.3 Å². The van der Waals surface area contributed by atoms with Crippen molar-refractivity contribution in [1.82, 2.24) is 4.90 Å². The number of benzene rings is 1. The van der Waals surface area contributed by atoms with Gasteiger partial charge >= 0.3 is 0 Å². The Morgan fingerprint density at radius 2 is 2.00 bits per heavy atom. The molecular weight excluding hydrogens is 273 g/mol. The predicted molar refractivity (Wildman–Crippen MR) is 80.4 cm³/mol. The van der Waals surface area contributed by atoms with Crippen LogP contribution in [0, 0.1) is 5.82 Å². The standard InChI is InChI=1S/C16H18FNOS/c1-2-18(12-16-4-3-9-20-16)11-15(19)10-13-5-7-14(17)8-6-13/h3-9H,2,10-12H2,1H3. The number of carbonyl (C=O) groups excluding carboxylic acids is 1. The van der Waals surface area contributed by atoms with Crippen LogP contribution in [-0.2, 0) is 17.8 Å². The van der Waals surface area contributed by atoms with E-state index in [-0.39, 0.29) is 11.6 Å². The van der Waals surface area contributed by atoms with E-state index >= 15 is 0 Å². The Kier molecular flexibility index (Phi) is 5.44. The first-order chi connectivity index (χ1) is 9.67. The fourth-order valence-corrected chi connectivity index (χ4v) is 2.78. The Balaban J connectivity index is 1.87. The van der Waals surface area contributed by atoms with E-state index in [0.717, 1.165) is 18.7 Å². The van der Waals surface area contributed by atoms with Gasteiger partial charge in [0.15, 0.2) is 5.78 Å². The summed E-state index contributed by atoms with van der Waals surface area (Å²) in [5.74, 6) is -0.107. The summed E-state index contributed by atoms with van der Waals surface area (Å²) < 4.78 is 12.8. The SMILES string of the molecule is CCN(CC(=O)Cc1ccc(F)cc1)Cc1cccs1. The van der Waals surface area contributed by atoms with Crippen molar-refractivity contribution in [3.8, 4) is 0 Å². The van der Waals surface area contributed by atoms with Gasteiger partial charge in [-0.3, -0.25) is 9.69 Å². The number of thiophene rings is 1. The molecule has 2 nitrogen and oxygen atoms in total.